The van der Waals surface area contributed by atoms with Crippen molar-refractivity contribution in [3.8, 4) is 0 Å². The Kier molecular flexibility index (Phi) is 8.62. The van der Waals surface area contributed by atoms with Crippen molar-refractivity contribution in [3.05, 3.63) is 78.1 Å². The SMILES string of the molecule is C=CCn1c(CS(=O)(=O)c2ccc(C)cc2)nnc1SC(CC)C(=O)Nc1ccccc1C(F)(F)F. The minimum Gasteiger partial charge on any atom is -0.325 e. The number of halogens is 3. The van der Waals surface area contributed by atoms with Gasteiger partial charge in [-0.05, 0) is 37.6 Å². The quantitative estimate of drug-likeness (QED) is 0.279. The largest absolute Gasteiger partial charge is 0.418 e. The Hall–Kier alpha value is -3.12. The molecule has 0 aliphatic heterocycles. The zero-order valence-corrected chi connectivity index (χ0v) is 21.3. The third kappa shape index (κ3) is 6.55. The molecule has 0 bridgehead atoms. The van der Waals surface area contributed by atoms with Crippen LogP contribution in [0.5, 0.6) is 0 Å². The molecule has 0 aliphatic rings. The Bertz CT molecular complexity index is 1340. The Labute approximate surface area is 211 Å². The van der Waals surface area contributed by atoms with Crippen molar-refractivity contribution in [2.75, 3.05) is 5.32 Å². The Morgan fingerprint density at radius 2 is 1.83 bits per heavy atom. The molecular weight excluding hydrogens is 513 g/mol. The summed E-state index contributed by atoms with van der Waals surface area (Å²) in [6, 6.07) is 11.2. The van der Waals surface area contributed by atoms with Crippen molar-refractivity contribution in [2.45, 2.75) is 54.0 Å². The maximum absolute atomic E-state index is 13.3. The van der Waals surface area contributed by atoms with Crippen LogP contribution < -0.4 is 5.32 Å². The molecular formula is C24H25F3N4O3S2. The number of nitrogens with one attached hydrogen (secondary N) is 1. The van der Waals surface area contributed by atoms with E-state index in [0.29, 0.717) is 0 Å². The van der Waals surface area contributed by atoms with Gasteiger partial charge in [0, 0.05) is 6.54 Å². The average Bonchev–Trinajstić information content (AvgIpc) is 3.17. The maximum Gasteiger partial charge on any atom is 0.418 e. The number of nitrogens with zero attached hydrogens (tertiary/aromatic N) is 3. The van der Waals surface area contributed by atoms with Crippen LogP contribution in [0.15, 0.2) is 71.2 Å². The smallest absolute Gasteiger partial charge is 0.325 e. The first-order valence-electron chi connectivity index (χ1n) is 10.9. The van der Waals surface area contributed by atoms with Gasteiger partial charge in [0.15, 0.2) is 15.0 Å². The zero-order chi connectivity index (χ0) is 26.5. The predicted molar refractivity (Wildman–Crippen MR) is 132 cm³/mol. The monoisotopic (exact) mass is 538 g/mol. The molecule has 192 valence electrons. The van der Waals surface area contributed by atoms with Crippen molar-refractivity contribution < 1.29 is 26.4 Å². The van der Waals surface area contributed by atoms with E-state index in [0.717, 1.165) is 23.4 Å². The number of anilines is 1. The molecule has 3 rings (SSSR count). The highest BCUT2D eigenvalue weighted by molar-refractivity contribution is 8.00. The number of para-hydroxylation sites is 1. The molecule has 1 amide bonds. The lowest BCUT2D eigenvalue weighted by Crippen LogP contribution is -2.26. The van der Waals surface area contributed by atoms with E-state index in [2.05, 4.69) is 22.1 Å². The summed E-state index contributed by atoms with van der Waals surface area (Å²) in [6.45, 7) is 7.43. The summed E-state index contributed by atoms with van der Waals surface area (Å²) < 4.78 is 67.3. The molecule has 0 fully saturated rings. The van der Waals surface area contributed by atoms with E-state index in [1.165, 1.54) is 41.0 Å². The molecule has 2 aromatic carbocycles. The number of hydrogen-bond acceptors (Lipinski definition) is 6. The topological polar surface area (TPSA) is 93.9 Å². The number of benzene rings is 2. The van der Waals surface area contributed by atoms with E-state index < -0.39 is 38.5 Å². The second kappa shape index (κ2) is 11.3. The first-order chi connectivity index (χ1) is 17.0. The van der Waals surface area contributed by atoms with Crippen LogP contribution in [0, 0.1) is 6.92 Å². The lowest BCUT2D eigenvalue weighted by molar-refractivity contribution is -0.137. The van der Waals surface area contributed by atoms with E-state index in [4.69, 9.17) is 0 Å². The van der Waals surface area contributed by atoms with Gasteiger partial charge in [-0.1, -0.05) is 54.6 Å². The second-order valence-corrected chi connectivity index (χ2v) is 11.1. The molecule has 1 unspecified atom stereocenters. The first kappa shape index (κ1) is 27.5. The van der Waals surface area contributed by atoms with Crippen molar-refractivity contribution in [1.29, 1.82) is 0 Å². The van der Waals surface area contributed by atoms with Gasteiger partial charge in [0.05, 0.1) is 21.4 Å². The highest BCUT2D eigenvalue weighted by Crippen LogP contribution is 2.35. The fraction of sp³-hybridized carbons (Fsp3) is 0.292. The second-order valence-electron chi connectivity index (χ2n) is 7.92. The number of alkyl halides is 3. The number of carbonyl (C=O) groups excluding carboxylic acids is 1. The number of allylic oxidation sites excluding steroid dienone is 1. The van der Waals surface area contributed by atoms with E-state index in [1.54, 1.807) is 19.1 Å². The van der Waals surface area contributed by atoms with Crippen LogP contribution in [0.4, 0.5) is 18.9 Å². The minimum atomic E-state index is -4.62. The van der Waals surface area contributed by atoms with Gasteiger partial charge in [0.2, 0.25) is 5.91 Å². The number of carbonyl (C=O) groups is 1. The number of rotatable bonds is 10. The molecule has 1 N–H and O–H groups in total. The molecule has 1 heterocycles. The maximum atomic E-state index is 13.3. The third-order valence-corrected chi connectivity index (χ3v) is 8.18. The van der Waals surface area contributed by atoms with Crippen LogP contribution in [-0.2, 0) is 33.1 Å². The van der Waals surface area contributed by atoms with Crippen LogP contribution in [0.2, 0.25) is 0 Å². The van der Waals surface area contributed by atoms with Gasteiger partial charge in [0.25, 0.3) is 0 Å². The summed E-state index contributed by atoms with van der Waals surface area (Å²) in [5.74, 6) is -0.892. The van der Waals surface area contributed by atoms with E-state index in [1.807, 2.05) is 6.92 Å². The highest BCUT2D eigenvalue weighted by Gasteiger charge is 2.34. The summed E-state index contributed by atoms with van der Waals surface area (Å²) in [7, 11) is -3.72. The van der Waals surface area contributed by atoms with Gasteiger partial charge in [-0.25, -0.2) is 8.42 Å². The standard InChI is InChI=1S/C24H25F3N4O3S2/c1-4-14-31-21(15-36(33,34)17-12-10-16(3)11-13-17)29-30-23(31)35-20(5-2)22(32)28-19-9-7-6-8-18(19)24(25,26)27/h4,6-13,20H,1,5,14-15H2,2-3H3,(H,28,32). The zero-order valence-electron chi connectivity index (χ0n) is 19.6. The lowest BCUT2D eigenvalue weighted by Gasteiger charge is -2.18. The summed E-state index contributed by atoms with van der Waals surface area (Å²) >= 11 is 0.994. The Morgan fingerprint density at radius 1 is 1.17 bits per heavy atom. The molecule has 3 aromatic rings. The van der Waals surface area contributed by atoms with Gasteiger partial charge < -0.3 is 9.88 Å². The van der Waals surface area contributed by atoms with Gasteiger partial charge in [-0.3, -0.25) is 4.79 Å². The third-order valence-electron chi connectivity index (χ3n) is 5.21. The molecule has 0 spiro atoms. The fourth-order valence-electron chi connectivity index (χ4n) is 3.33. The number of amides is 1. The number of aryl methyl sites for hydroxylation is 1. The molecule has 36 heavy (non-hydrogen) atoms. The number of sulfone groups is 1. The highest BCUT2D eigenvalue weighted by atomic mass is 32.2. The minimum absolute atomic E-state index is 0.143. The van der Waals surface area contributed by atoms with Gasteiger partial charge in [-0.15, -0.1) is 16.8 Å². The summed E-state index contributed by atoms with van der Waals surface area (Å²) in [5.41, 5.74) is -0.368. The van der Waals surface area contributed by atoms with Crippen LogP contribution >= 0.6 is 11.8 Å². The van der Waals surface area contributed by atoms with Crippen LogP contribution in [0.1, 0.15) is 30.3 Å². The van der Waals surface area contributed by atoms with Crippen LogP contribution in [0.25, 0.3) is 0 Å². The number of thioether (sulfide) groups is 1. The number of aromatic nitrogens is 3. The van der Waals surface area contributed by atoms with Crippen molar-refractivity contribution in [3.63, 3.8) is 0 Å². The number of hydrogen-bond donors (Lipinski definition) is 1. The van der Waals surface area contributed by atoms with Gasteiger partial charge in [0.1, 0.15) is 11.6 Å². The summed E-state index contributed by atoms with van der Waals surface area (Å²) in [6.07, 6.45) is -2.81. The van der Waals surface area contributed by atoms with Crippen molar-refractivity contribution in [1.82, 2.24) is 14.8 Å². The molecule has 12 heteroatoms. The summed E-state index contributed by atoms with van der Waals surface area (Å²) in [4.78, 5) is 13.0. The van der Waals surface area contributed by atoms with E-state index in [-0.39, 0.29) is 34.5 Å². The Balaban J connectivity index is 1.83. The van der Waals surface area contributed by atoms with Crippen LogP contribution in [-0.4, -0.2) is 34.3 Å². The first-order valence-corrected chi connectivity index (χ1v) is 13.5. The fourth-order valence-corrected chi connectivity index (χ4v) is 5.58. The molecule has 0 radical (unpaired) electrons. The van der Waals surface area contributed by atoms with Crippen molar-refractivity contribution >= 4 is 33.2 Å². The lowest BCUT2D eigenvalue weighted by atomic mass is 10.1. The average molecular weight is 539 g/mol. The van der Waals surface area contributed by atoms with Crippen molar-refractivity contribution in [2.24, 2.45) is 0 Å². The van der Waals surface area contributed by atoms with Crippen LogP contribution in [0.3, 0.4) is 0 Å². The molecule has 1 aromatic heterocycles. The van der Waals surface area contributed by atoms with Gasteiger partial charge >= 0.3 is 6.18 Å². The molecule has 0 saturated heterocycles. The van der Waals surface area contributed by atoms with E-state index in [9.17, 15) is 26.4 Å². The van der Waals surface area contributed by atoms with Gasteiger partial charge in [-0.2, -0.15) is 13.2 Å². The molecule has 1 atom stereocenters. The molecule has 0 aliphatic carbocycles. The molecule has 7 nitrogen and oxygen atoms in total. The molecule has 0 saturated carbocycles. The predicted octanol–water partition coefficient (Wildman–Crippen LogP) is 5.27. The summed E-state index contributed by atoms with van der Waals surface area (Å²) in [5, 5.41) is 9.90. The normalized spacial score (nSPS) is 12.8. The Morgan fingerprint density at radius 3 is 2.44 bits per heavy atom. The van der Waals surface area contributed by atoms with E-state index >= 15 is 0 Å².